The second-order valence-corrected chi connectivity index (χ2v) is 6.29. The lowest BCUT2D eigenvalue weighted by Gasteiger charge is -2.37. The first kappa shape index (κ1) is 12.2. The average molecular weight is 233 g/mol. The maximum Gasteiger partial charge on any atom is 0.345 e. The molecule has 94 valence electrons. The van der Waals surface area contributed by atoms with Crippen LogP contribution < -0.4 is 0 Å². The van der Waals surface area contributed by atoms with E-state index in [1.165, 1.54) is 0 Å². The van der Waals surface area contributed by atoms with E-state index in [9.17, 15) is 8.78 Å². The Hall–Kier alpha value is -0.220. The van der Waals surface area contributed by atoms with Gasteiger partial charge in [0.05, 0.1) is 6.61 Å². The van der Waals surface area contributed by atoms with Crippen molar-refractivity contribution in [3.8, 4) is 0 Å². The highest BCUT2D eigenvalue weighted by Gasteiger charge is 2.65. The summed E-state index contributed by atoms with van der Waals surface area (Å²) in [5, 5.41) is 0. The average Bonchev–Trinajstić information content (AvgIpc) is 2.67. The number of piperidine rings is 1. The van der Waals surface area contributed by atoms with E-state index in [0.29, 0.717) is 12.1 Å². The molecular weight excluding hydrogens is 212 g/mol. The van der Waals surface area contributed by atoms with Crippen molar-refractivity contribution < 1.29 is 13.5 Å². The monoisotopic (exact) mass is 233 g/mol. The summed E-state index contributed by atoms with van der Waals surface area (Å²) in [6, 6.07) is 0.918. The third kappa shape index (κ3) is 1.97. The van der Waals surface area contributed by atoms with Gasteiger partial charge in [0, 0.05) is 23.0 Å². The summed E-state index contributed by atoms with van der Waals surface area (Å²) in [5.41, 5.74) is 0.135. The van der Waals surface area contributed by atoms with Gasteiger partial charge in [0.1, 0.15) is 0 Å². The van der Waals surface area contributed by atoms with Crippen LogP contribution in [0.1, 0.15) is 40.5 Å². The molecule has 1 aliphatic heterocycles. The van der Waals surface area contributed by atoms with Crippen molar-refractivity contribution in [2.24, 2.45) is 5.41 Å². The van der Waals surface area contributed by atoms with Crippen LogP contribution in [0.4, 0.5) is 8.78 Å². The Kier molecular flexibility index (Phi) is 2.78. The minimum atomic E-state index is -2.63. The fraction of sp³-hybridized carbons (Fsp3) is 1.00. The van der Waals surface area contributed by atoms with Crippen molar-refractivity contribution in [3.63, 3.8) is 0 Å². The minimum Gasteiger partial charge on any atom is -0.322 e. The van der Waals surface area contributed by atoms with E-state index in [4.69, 9.17) is 0 Å². The Morgan fingerprint density at radius 1 is 1.38 bits per heavy atom. The molecule has 3 atom stereocenters. The third-order valence-corrected chi connectivity index (χ3v) is 3.93. The first-order chi connectivity index (χ1) is 7.26. The van der Waals surface area contributed by atoms with Crippen molar-refractivity contribution >= 4 is 0 Å². The standard InChI is InChI=1S/C12H21F2NO/c1-8-5-12(7-16-10(13)14)6-9(12)15(8)11(2,3)4/h8-10H,5-7H2,1-4H3/t8-,9-,12+/m1/s1. The Morgan fingerprint density at radius 3 is 2.44 bits per heavy atom. The highest BCUT2D eigenvalue weighted by atomic mass is 19.3. The summed E-state index contributed by atoms with van der Waals surface area (Å²) in [7, 11) is 0. The number of fused-ring (bicyclic) bond motifs is 1. The number of likely N-dealkylation sites (tertiary alicyclic amines) is 1. The lowest BCUT2D eigenvalue weighted by Crippen LogP contribution is -2.45. The van der Waals surface area contributed by atoms with Crippen LogP contribution in [0.5, 0.6) is 0 Å². The van der Waals surface area contributed by atoms with E-state index < -0.39 is 6.61 Å². The molecule has 2 nitrogen and oxygen atoms in total. The van der Waals surface area contributed by atoms with Crippen LogP contribution in [-0.2, 0) is 4.74 Å². The SMILES string of the molecule is C[C@@H]1C[C@@]2(COC(F)F)C[C@H]2N1C(C)(C)C. The van der Waals surface area contributed by atoms with Crippen LogP contribution >= 0.6 is 0 Å². The van der Waals surface area contributed by atoms with E-state index in [1.807, 2.05) is 0 Å². The molecule has 0 N–H and O–H groups in total. The lowest BCUT2D eigenvalue weighted by molar-refractivity contribution is -0.141. The molecule has 0 aromatic heterocycles. The Bertz CT molecular complexity index is 277. The molecule has 0 amide bonds. The van der Waals surface area contributed by atoms with Crippen molar-refractivity contribution in [1.29, 1.82) is 0 Å². The number of hydrogen-bond donors (Lipinski definition) is 0. The zero-order valence-electron chi connectivity index (χ0n) is 10.5. The fourth-order valence-corrected chi connectivity index (χ4v) is 3.50. The summed E-state index contributed by atoms with van der Waals surface area (Å²) < 4.78 is 28.7. The molecule has 0 spiro atoms. The van der Waals surface area contributed by atoms with Crippen LogP contribution in [0.3, 0.4) is 0 Å². The van der Waals surface area contributed by atoms with E-state index in [0.717, 1.165) is 12.8 Å². The number of ether oxygens (including phenoxy) is 1. The predicted octanol–water partition coefficient (Wildman–Crippen LogP) is 2.88. The topological polar surface area (TPSA) is 12.5 Å². The highest BCUT2D eigenvalue weighted by molar-refractivity contribution is 5.18. The maximum atomic E-state index is 12.1. The van der Waals surface area contributed by atoms with Gasteiger partial charge in [-0.15, -0.1) is 0 Å². The lowest BCUT2D eigenvalue weighted by atomic mass is 10.0. The quantitative estimate of drug-likeness (QED) is 0.743. The number of halogens is 2. The molecule has 0 radical (unpaired) electrons. The van der Waals surface area contributed by atoms with E-state index in [-0.39, 0.29) is 17.6 Å². The zero-order valence-corrected chi connectivity index (χ0v) is 10.5. The number of alkyl halides is 2. The Balaban J connectivity index is 2.00. The first-order valence-corrected chi connectivity index (χ1v) is 5.94. The van der Waals surface area contributed by atoms with E-state index in [2.05, 4.69) is 37.3 Å². The molecule has 4 heteroatoms. The molecule has 2 fully saturated rings. The molecule has 0 aromatic rings. The molecule has 1 aliphatic carbocycles. The normalized spacial score (nSPS) is 39.2. The van der Waals surface area contributed by atoms with Gasteiger partial charge in [0.25, 0.3) is 0 Å². The molecule has 16 heavy (non-hydrogen) atoms. The smallest absolute Gasteiger partial charge is 0.322 e. The zero-order chi connectivity index (χ0) is 12.1. The maximum absolute atomic E-state index is 12.1. The van der Waals surface area contributed by atoms with Crippen molar-refractivity contribution in [3.05, 3.63) is 0 Å². The number of hydrogen-bond acceptors (Lipinski definition) is 2. The molecule has 0 bridgehead atoms. The highest BCUT2D eigenvalue weighted by Crippen LogP contribution is 2.61. The summed E-state index contributed by atoms with van der Waals surface area (Å²) in [5.74, 6) is 0. The van der Waals surface area contributed by atoms with Gasteiger partial charge in [-0.2, -0.15) is 8.78 Å². The molecule has 2 rings (SSSR count). The minimum absolute atomic E-state index is 0.0170. The number of rotatable bonds is 3. The van der Waals surface area contributed by atoms with Gasteiger partial charge in [-0.1, -0.05) is 0 Å². The van der Waals surface area contributed by atoms with Crippen LogP contribution in [0.25, 0.3) is 0 Å². The molecule has 0 aromatic carbocycles. The molecule has 1 saturated heterocycles. The predicted molar refractivity (Wildman–Crippen MR) is 58.5 cm³/mol. The summed E-state index contributed by atoms with van der Waals surface area (Å²) in [6.07, 6.45) is 2.00. The molecule has 2 aliphatic rings. The largest absolute Gasteiger partial charge is 0.345 e. The van der Waals surface area contributed by atoms with E-state index >= 15 is 0 Å². The molecule has 0 unspecified atom stereocenters. The van der Waals surface area contributed by atoms with Gasteiger partial charge in [0.15, 0.2) is 0 Å². The van der Waals surface area contributed by atoms with Crippen molar-refractivity contribution in [1.82, 2.24) is 4.90 Å². The van der Waals surface area contributed by atoms with Gasteiger partial charge in [0.2, 0.25) is 0 Å². The molecular formula is C12H21F2NO. The van der Waals surface area contributed by atoms with Crippen LogP contribution in [0.2, 0.25) is 0 Å². The second kappa shape index (κ2) is 3.64. The second-order valence-electron chi connectivity index (χ2n) is 6.29. The Labute approximate surface area is 95.9 Å². The summed E-state index contributed by atoms with van der Waals surface area (Å²) >= 11 is 0. The van der Waals surface area contributed by atoms with Crippen molar-refractivity contribution in [2.45, 2.75) is 64.8 Å². The molecule has 1 heterocycles. The fourth-order valence-electron chi connectivity index (χ4n) is 3.50. The van der Waals surface area contributed by atoms with Gasteiger partial charge in [-0.25, -0.2) is 0 Å². The van der Waals surface area contributed by atoms with Gasteiger partial charge in [-0.3, -0.25) is 4.90 Å². The Morgan fingerprint density at radius 2 is 2.00 bits per heavy atom. The van der Waals surface area contributed by atoms with Gasteiger partial charge in [-0.05, 0) is 40.5 Å². The van der Waals surface area contributed by atoms with Gasteiger partial charge >= 0.3 is 6.61 Å². The van der Waals surface area contributed by atoms with Crippen LogP contribution in [0, 0.1) is 5.41 Å². The van der Waals surface area contributed by atoms with Crippen LogP contribution in [-0.4, -0.2) is 35.7 Å². The number of nitrogens with zero attached hydrogens (tertiary/aromatic N) is 1. The van der Waals surface area contributed by atoms with Crippen LogP contribution in [0.15, 0.2) is 0 Å². The summed E-state index contributed by atoms with van der Waals surface area (Å²) in [4.78, 5) is 2.46. The summed E-state index contributed by atoms with van der Waals surface area (Å²) in [6.45, 7) is 6.33. The van der Waals surface area contributed by atoms with E-state index in [1.54, 1.807) is 0 Å². The first-order valence-electron chi connectivity index (χ1n) is 5.94. The third-order valence-electron chi connectivity index (χ3n) is 3.93. The van der Waals surface area contributed by atoms with Gasteiger partial charge < -0.3 is 4.74 Å². The van der Waals surface area contributed by atoms with Crippen molar-refractivity contribution in [2.75, 3.05) is 6.61 Å². The molecule has 1 saturated carbocycles.